The van der Waals surface area contributed by atoms with Crippen molar-refractivity contribution in [2.24, 2.45) is 0 Å². The molecule has 0 radical (unpaired) electrons. The van der Waals surface area contributed by atoms with E-state index in [0.717, 1.165) is 5.69 Å². The minimum absolute atomic E-state index is 0.0712. The summed E-state index contributed by atoms with van der Waals surface area (Å²) in [5.74, 6) is 0.222. The predicted molar refractivity (Wildman–Crippen MR) is 94.1 cm³/mol. The maximum Gasteiger partial charge on any atom is 0.243 e. The van der Waals surface area contributed by atoms with Gasteiger partial charge < -0.3 is 10.6 Å². The van der Waals surface area contributed by atoms with E-state index in [0.29, 0.717) is 17.2 Å². The predicted octanol–water partition coefficient (Wildman–Crippen LogP) is 4.06. The number of carbonyl (C=O) groups is 2. The molecule has 0 aliphatic heterocycles. The Bertz CT molecular complexity index is 691. The van der Waals surface area contributed by atoms with E-state index in [2.05, 4.69) is 36.6 Å². The first-order valence-corrected chi connectivity index (χ1v) is 7.71. The van der Waals surface area contributed by atoms with Gasteiger partial charge in [0.15, 0.2) is 5.78 Å². The highest BCUT2D eigenvalue weighted by molar-refractivity contribution is 6.04. The number of benzene rings is 2. The molecule has 0 spiro atoms. The Morgan fingerprint density at radius 2 is 1.65 bits per heavy atom. The molecule has 2 N–H and O–H groups in total. The highest BCUT2D eigenvalue weighted by atomic mass is 16.2. The van der Waals surface area contributed by atoms with Gasteiger partial charge in [0.05, 0.1) is 12.2 Å². The van der Waals surface area contributed by atoms with Gasteiger partial charge in [0.1, 0.15) is 0 Å². The summed E-state index contributed by atoms with van der Waals surface area (Å²) in [7, 11) is 0. The van der Waals surface area contributed by atoms with Crippen LogP contribution < -0.4 is 10.6 Å². The number of carbonyl (C=O) groups excluding carboxylic acids is 2. The summed E-state index contributed by atoms with van der Waals surface area (Å²) in [6.07, 6.45) is 0. The SMILES string of the molecule is CC(=O)c1ccccc1NC(=O)CNc1ccc(C(C)C)cc1. The fourth-order valence-corrected chi connectivity index (χ4v) is 2.26. The lowest BCUT2D eigenvalue weighted by atomic mass is 10.0. The number of ketones is 1. The summed E-state index contributed by atoms with van der Waals surface area (Å²) >= 11 is 0. The lowest BCUT2D eigenvalue weighted by molar-refractivity contribution is -0.114. The van der Waals surface area contributed by atoms with Crippen LogP contribution in [0.3, 0.4) is 0 Å². The highest BCUT2D eigenvalue weighted by Crippen LogP contribution is 2.17. The Morgan fingerprint density at radius 1 is 1.00 bits per heavy atom. The van der Waals surface area contributed by atoms with Gasteiger partial charge in [0.25, 0.3) is 0 Å². The van der Waals surface area contributed by atoms with Crippen molar-refractivity contribution in [1.82, 2.24) is 0 Å². The first kappa shape index (κ1) is 16.7. The summed E-state index contributed by atoms with van der Waals surface area (Å²) in [5.41, 5.74) is 3.21. The van der Waals surface area contributed by atoms with Crippen LogP contribution in [0.5, 0.6) is 0 Å². The smallest absolute Gasteiger partial charge is 0.243 e. The molecular formula is C19H22N2O2. The zero-order valence-electron chi connectivity index (χ0n) is 13.7. The van der Waals surface area contributed by atoms with Crippen molar-refractivity contribution in [3.8, 4) is 0 Å². The van der Waals surface area contributed by atoms with Crippen molar-refractivity contribution >= 4 is 23.1 Å². The summed E-state index contributed by atoms with van der Waals surface area (Å²) in [6, 6.07) is 15.0. The fourth-order valence-electron chi connectivity index (χ4n) is 2.26. The van der Waals surface area contributed by atoms with E-state index in [4.69, 9.17) is 0 Å². The van der Waals surface area contributed by atoms with Gasteiger partial charge in [-0.3, -0.25) is 9.59 Å². The average Bonchev–Trinajstić information content (AvgIpc) is 2.53. The van der Waals surface area contributed by atoms with Crippen LogP contribution in [0.1, 0.15) is 42.6 Å². The molecule has 120 valence electrons. The normalized spacial score (nSPS) is 10.4. The Kier molecular flexibility index (Phi) is 5.52. The standard InChI is InChI=1S/C19H22N2O2/c1-13(2)15-8-10-16(11-9-15)20-12-19(23)21-18-7-5-4-6-17(18)14(3)22/h4-11,13,20H,12H2,1-3H3,(H,21,23). The molecule has 0 aliphatic carbocycles. The number of rotatable bonds is 6. The third-order valence-corrected chi connectivity index (χ3v) is 3.61. The Labute approximate surface area is 136 Å². The zero-order valence-corrected chi connectivity index (χ0v) is 13.7. The van der Waals surface area contributed by atoms with Gasteiger partial charge >= 0.3 is 0 Å². The molecule has 0 aromatic heterocycles. The molecule has 0 saturated carbocycles. The van der Waals surface area contributed by atoms with Gasteiger partial charge in [-0.2, -0.15) is 0 Å². The molecule has 0 bridgehead atoms. The maximum atomic E-state index is 12.1. The molecule has 0 saturated heterocycles. The van der Waals surface area contributed by atoms with Crippen molar-refractivity contribution in [2.75, 3.05) is 17.2 Å². The van der Waals surface area contributed by atoms with Gasteiger partial charge in [-0.05, 0) is 42.7 Å². The van der Waals surface area contributed by atoms with Gasteiger partial charge in [-0.15, -0.1) is 0 Å². The van der Waals surface area contributed by atoms with Crippen LogP contribution in [0.15, 0.2) is 48.5 Å². The Balaban J connectivity index is 1.94. The second-order valence-electron chi connectivity index (χ2n) is 5.78. The van der Waals surface area contributed by atoms with E-state index >= 15 is 0 Å². The van der Waals surface area contributed by atoms with E-state index in [1.54, 1.807) is 24.3 Å². The molecule has 4 nitrogen and oxygen atoms in total. The van der Waals surface area contributed by atoms with Gasteiger partial charge in [0, 0.05) is 11.3 Å². The van der Waals surface area contributed by atoms with Crippen LogP contribution in [0, 0.1) is 0 Å². The van der Waals surface area contributed by atoms with Crippen molar-refractivity contribution in [2.45, 2.75) is 26.7 Å². The molecule has 0 heterocycles. The minimum atomic E-state index is -0.188. The molecule has 23 heavy (non-hydrogen) atoms. The van der Waals surface area contributed by atoms with Crippen molar-refractivity contribution in [1.29, 1.82) is 0 Å². The second-order valence-corrected chi connectivity index (χ2v) is 5.78. The van der Waals surface area contributed by atoms with Crippen molar-refractivity contribution < 1.29 is 9.59 Å². The summed E-state index contributed by atoms with van der Waals surface area (Å²) < 4.78 is 0. The number of anilines is 2. The van der Waals surface area contributed by atoms with Crippen LogP contribution in [-0.4, -0.2) is 18.2 Å². The van der Waals surface area contributed by atoms with Gasteiger partial charge in [-0.25, -0.2) is 0 Å². The second kappa shape index (κ2) is 7.58. The van der Waals surface area contributed by atoms with Crippen LogP contribution in [0.4, 0.5) is 11.4 Å². The topological polar surface area (TPSA) is 58.2 Å². The van der Waals surface area contributed by atoms with Gasteiger partial charge in [0.2, 0.25) is 5.91 Å². The average molecular weight is 310 g/mol. The molecule has 1 amide bonds. The van der Waals surface area contributed by atoms with Crippen LogP contribution in [0.25, 0.3) is 0 Å². The highest BCUT2D eigenvalue weighted by Gasteiger charge is 2.09. The lowest BCUT2D eigenvalue weighted by Crippen LogP contribution is -2.22. The number of hydrogen-bond donors (Lipinski definition) is 2. The van der Waals surface area contributed by atoms with E-state index in [-0.39, 0.29) is 18.2 Å². The van der Waals surface area contributed by atoms with E-state index in [1.807, 2.05) is 12.1 Å². The first-order valence-electron chi connectivity index (χ1n) is 7.71. The van der Waals surface area contributed by atoms with Crippen molar-refractivity contribution in [3.63, 3.8) is 0 Å². The summed E-state index contributed by atoms with van der Waals surface area (Å²) in [4.78, 5) is 23.6. The molecule has 2 aromatic carbocycles. The fraction of sp³-hybridized carbons (Fsp3) is 0.263. The zero-order chi connectivity index (χ0) is 16.8. The number of para-hydroxylation sites is 1. The monoisotopic (exact) mass is 310 g/mol. The largest absolute Gasteiger partial charge is 0.376 e. The van der Waals surface area contributed by atoms with Crippen LogP contribution >= 0.6 is 0 Å². The Hall–Kier alpha value is -2.62. The molecule has 2 rings (SSSR count). The maximum absolute atomic E-state index is 12.1. The molecule has 0 atom stereocenters. The number of Topliss-reactive ketones (excluding diaryl/α,β-unsaturated/α-hetero) is 1. The van der Waals surface area contributed by atoms with Crippen LogP contribution in [0.2, 0.25) is 0 Å². The van der Waals surface area contributed by atoms with E-state index in [1.165, 1.54) is 12.5 Å². The molecule has 0 aliphatic rings. The molecular weight excluding hydrogens is 288 g/mol. The minimum Gasteiger partial charge on any atom is -0.376 e. The lowest BCUT2D eigenvalue weighted by Gasteiger charge is -2.11. The Morgan fingerprint density at radius 3 is 2.26 bits per heavy atom. The van der Waals surface area contributed by atoms with Crippen molar-refractivity contribution in [3.05, 3.63) is 59.7 Å². The quantitative estimate of drug-likeness (QED) is 0.791. The van der Waals surface area contributed by atoms with E-state index in [9.17, 15) is 9.59 Å². The number of amides is 1. The molecule has 0 unspecified atom stereocenters. The summed E-state index contributed by atoms with van der Waals surface area (Å²) in [6.45, 7) is 5.91. The number of hydrogen-bond acceptors (Lipinski definition) is 3. The molecule has 2 aromatic rings. The molecule has 0 fully saturated rings. The number of nitrogens with one attached hydrogen (secondary N) is 2. The van der Waals surface area contributed by atoms with Gasteiger partial charge in [-0.1, -0.05) is 38.1 Å². The van der Waals surface area contributed by atoms with Crippen LogP contribution in [-0.2, 0) is 4.79 Å². The first-order chi connectivity index (χ1) is 11.0. The van der Waals surface area contributed by atoms with E-state index < -0.39 is 0 Å². The third-order valence-electron chi connectivity index (χ3n) is 3.61. The molecule has 4 heteroatoms. The summed E-state index contributed by atoms with van der Waals surface area (Å²) in [5, 5.41) is 5.85. The third kappa shape index (κ3) is 4.68.